The van der Waals surface area contributed by atoms with Gasteiger partial charge in [0.15, 0.2) is 0 Å². The van der Waals surface area contributed by atoms with Gasteiger partial charge in [0.25, 0.3) is 0 Å². The molecule has 1 fully saturated rings. The lowest BCUT2D eigenvalue weighted by molar-refractivity contribution is 0.374. The zero-order valence-corrected chi connectivity index (χ0v) is 13.2. The third-order valence-electron chi connectivity index (χ3n) is 4.13. The molecular weight excluding hydrogens is 272 g/mol. The van der Waals surface area contributed by atoms with E-state index in [1.165, 1.54) is 0 Å². The molecule has 0 saturated heterocycles. The molecule has 112 valence electrons. The number of benzene rings is 1. The zero-order valence-electron chi connectivity index (χ0n) is 12.4. The predicted octanol–water partition coefficient (Wildman–Crippen LogP) is 2.22. The molecule has 0 amide bonds. The van der Waals surface area contributed by atoms with E-state index in [1.54, 1.807) is 12.1 Å². The Labute approximate surface area is 121 Å². The Morgan fingerprint density at radius 1 is 1.30 bits per heavy atom. The van der Waals surface area contributed by atoms with Gasteiger partial charge in [-0.05, 0) is 49.3 Å². The summed E-state index contributed by atoms with van der Waals surface area (Å²) in [4.78, 5) is 0.308. The Bertz CT molecular complexity index is 562. The molecule has 0 aliphatic heterocycles. The minimum Gasteiger partial charge on any atom is -0.329 e. The molecule has 1 aromatic rings. The van der Waals surface area contributed by atoms with Crippen LogP contribution in [0.15, 0.2) is 29.2 Å². The summed E-state index contributed by atoms with van der Waals surface area (Å²) < 4.78 is 27.7. The molecule has 0 aromatic heterocycles. The monoisotopic (exact) mass is 296 g/mol. The molecule has 1 aliphatic rings. The minimum atomic E-state index is -3.51. The number of sulfonamides is 1. The molecule has 1 atom stereocenters. The summed E-state index contributed by atoms with van der Waals surface area (Å²) >= 11 is 0. The number of nitrogens with one attached hydrogen (secondary N) is 1. The molecule has 0 radical (unpaired) electrons. The van der Waals surface area contributed by atoms with Crippen LogP contribution < -0.4 is 10.5 Å². The fourth-order valence-electron chi connectivity index (χ4n) is 2.41. The summed E-state index contributed by atoms with van der Waals surface area (Å²) in [5, 5.41) is 0. The molecule has 1 saturated carbocycles. The Kier molecular flexibility index (Phi) is 4.23. The molecule has 2 rings (SSSR count). The third-order valence-corrected chi connectivity index (χ3v) is 5.75. The summed E-state index contributed by atoms with van der Waals surface area (Å²) in [6, 6.07) is 7.08. The highest BCUT2D eigenvalue weighted by Gasteiger charge is 2.43. The van der Waals surface area contributed by atoms with Crippen molar-refractivity contribution in [2.24, 2.45) is 11.7 Å². The second kappa shape index (κ2) is 5.47. The maximum atomic E-state index is 12.5. The lowest BCUT2D eigenvalue weighted by Gasteiger charge is -2.29. The highest BCUT2D eigenvalue weighted by atomic mass is 32.2. The average molecular weight is 296 g/mol. The van der Waals surface area contributed by atoms with Crippen LogP contribution in [0.2, 0.25) is 0 Å². The van der Waals surface area contributed by atoms with E-state index in [0.717, 1.165) is 18.4 Å². The van der Waals surface area contributed by atoms with Crippen LogP contribution >= 0.6 is 0 Å². The smallest absolute Gasteiger partial charge is 0.241 e. The van der Waals surface area contributed by atoms with Crippen molar-refractivity contribution in [1.82, 2.24) is 4.72 Å². The minimum absolute atomic E-state index is 0.308. The molecule has 0 heterocycles. The molecule has 1 unspecified atom stereocenters. The van der Waals surface area contributed by atoms with E-state index in [1.807, 2.05) is 19.1 Å². The summed E-state index contributed by atoms with van der Waals surface area (Å²) in [6.45, 7) is 6.38. The summed E-state index contributed by atoms with van der Waals surface area (Å²) in [5.41, 5.74) is 6.37. The first kappa shape index (κ1) is 15.5. The van der Waals surface area contributed by atoms with Gasteiger partial charge in [-0.1, -0.05) is 26.0 Å². The van der Waals surface area contributed by atoms with Gasteiger partial charge in [-0.15, -0.1) is 0 Å². The standard InChI is InChI=1S/C15H24N2O2S/c1-11(2)12-4-8-14(9-5-12)20(18,19)17-15(3,10-16)13-6-7-13/h4-5,8-9,11,13,17H,6-7,10,16H2,1-3H3. The number of rotatable bonds is 6. The van der Waals surface area contributed by atoms with Crippen molar-refractivity contribution in [3.63, 3.8) is 0 Å². The van der Waals surface area contributed by atoms with E-state index in [4.69, 9.17) is 5.73 Å². The second-order valence-electron chi connectivity index (χ2n) is 6.23. The summed E-state index contributed by atoms with van der Waals surface area (Å²) in [5.74, 6) is 0.748. The van der Waals surface area contributed by atoms with Crippen LogP contribution in [0.4, 0.5) is 0 Å². The quantitative estimate of drug-likeness (QED) is 0.845. The number of hydrogen-bond acceptors (Lipinski definition) is 3. The van der Waals surface area contributed by atoms with Crippen LogP contribution in [-0.4, -0.2) is 20.5 Å². The SMILES string of the molecule is CC(C)c1ccc(S(=O)(=O)NC(C)(CN)C2CC2)cc1. The van der Waals surface area contributed by atoms with E-state index >= 15 is 0 Å². The van der Waals surface area contributed by atoms with Crippen molar-refractivity contribution in [2.75, 3.05) is 6.54 Å². The van der Waals surface area contributed by atoms with Gasteiger partial charge < -0.3 is 5.73 Å². The Morgan fingerprint density at radius 3 is 2.25 bits per heavy atom. The van der Waals surface area contributed by atoms with E-state index in [0.29, 0.717) is 23.3 Å². The van der Waals surface area contributed by atoms with Crippen LogP contribution in [0.5, 0.6) is 0 Å². The summed E-state index contributed by atoms with van der Waals surface area (Å²) in [7, 11) is -3.51. The van der Waals surface area contributed by atoms with Gasteiger partial charge in [-0.25, -0.2) is 13.1 Å². The molecule has 3 N–H and O–H groups in total. The van der Waals surface area contributed by atoms with Crippen molar-refractivity contribution in [3.8, 4) is 0 Å². The first-order chi connectivity index (χ1) is 9.28. The first-order valence-electron chi connectivity index (χ1n) is 7.12. The van der Waals surface area contributed by atoms with Gasteiger partial charge in [0.2, 0.25) is 10.0 Å². The highest BCUT2D eigenvalue weighted by Crippen LogP contribution is 2.39. The Hall–Kier alpha value is -0.910. The van der Waals surface area contributed by atoms with Crippen LogP contribution in [0.3, 0.4) is 0 Å². The van der Waals surface area contributed by atoms with Gasteiger partial charge >= 0.3 is 0 Å². The van der Waals surface area contributed by atoms with E-state index in [-0.39, 0.29) is 0 Å². The van der Waals surface area contributed by atoms with Crippen molar-refractivity contribution in [2.45, 2.75) is 50.0 Å². The molecule has 1 aromatic carbocycles. The van der Waals surface area contributed by atoms with Gasteiger partial charge in [0.1, 0.15) is 0 Å². The Morgan fingerprint density at radius 2 is 1.85 bits per heavy atom. The zero-order chi connectivity index (χ0) is 15.0. The normalized spacial score (nSPS) is 19.1. The molecule has 4 nitrogen and oxygen atoms in total. The van der Waals surface area contributed by atoms with Gasteiger partial charge in [-0.2, -0.15) is 0 Å². The van der Waals surface area contributed by atoms with Gasteiger partial charge in [0.05, 0.1) is 4.90 Å². The fourth-order valence-corrected chi connectivity index (χ4v) is 3.89. The van der Waals surface area contributed by atoms with Crippen molar-refractivity contribution < 1.29 is 8.42 Å². The molecule has 0 bridgehead atoms. The second-order valence-corrected chi connectivity index (χ2v) is 7.91. The van der Waals surface area contributed by atoms with Gasteiger partial charge in [0, 0.05) is 12.1 Å². The van der Waals surface area contributed by atoms with Crippen LogP contribution in [-0.2, 0) is 10.0 Å². The van der Waals surface area contributed by atoms with E-state index in [2.05, 4.69) is 18.6 Å². The molecule has 5 heteroatoms. The summed E-state index contributed by atoms with van der Waals surface area (Å²) in [6.07, 6.45) is 2.09. The number of hydrogen-bond donors (Lipinski definition) is 2. The fraction of sp³-hybridized carbons (Fsp3) is 0.600. The predicted molar refractivity (Wildman–Crippen MR) is 81.0 cm³/mol. The maximum Gasteiger partial charge on any atom is 0.241 e. The maximum absolute atomic E-state index is 12.5. The first-order valence-corrected chi connectivity index (χ1v) is 8.61. The third kappa shape index (κ3) is 3.22. The van der Waals surface area contributed by atoms with Crippen LogP contribution in [0.25, 0.3) is 0 Å². The van der Waals surface area contributed by atoms with E-state index in [9.17, 15) is 8.42 Å². The lowest BCUT2D eigenvalue weighted by Crippen LogP contribution is -2.52. The molecule has 20 heavy (non-hydrogen) atoms. The van der Waals surface area contributed by atoms with E-state index < -0.39 is 15.6 Å². The van der Waals surface area contributed by atoms with Crippen molar-refractivity contribution in [1.29, 1.82) is 0 Å². The topological polar surface area (TPSA) is 72.2 Å². The Balaban J connectivity index is 2.21. The van der Waals surface area contributed by atoms with Crippen molar-refractivity contribution >= 4 is 10.0 Å². The lowest BCUT2D eigenvalue weighted by atomic mass is 9.98. The van der Waals surface area contributed by atoms with Gasteiger partial charge in [-0.3, -0.25) is 0 Å². The van der Waals surface area contributed by atoms with Crippen LogP contribution in [0, 0.1) is 5.92 Å². The molecular formula is C15H24N2O2S. The number of nitrogens with two attached hydrogens (primary N) is 1. The largest absolute Gasteiger partial charge is 0.329 e. The molecule has 1 aliphatic carbocycles. The highest BCUT2D eigenvalue weighted by molar-refractivity contribution is 7.89. The van der Waals surface area contributed by atoms with Crippen LogP contribution in [0.1, 0.15) is 45.1 Å². The average Bonchev–Trinajstić information content (AvgIpc) is 3.23. The molecule has 0 spiro atoms. The van der Waals surface area contributed by atoms with Crippen molar-refractivity contribution in [3.05, 3.63) is 29.8 Å².